The van der Waals surface area contributed by atoms with Crippen LogP contribution in [0, 0.1) is 0 Å². The highest BCUT2D eigenvalue weighted by Gasteiger charge is 2.05. The molecule has 0 bridgehead atoms. The molecule has 23 heavy (non-hydrogen) atoms. The van der Waals surface area contributed by atoms with Crippen LogP contribution in [0.4, 0.5) is 0 Å². The van der Waals surface area contributed by atoms with E-state index < -0.39 is 0 Å². The van der Waals surface area contributed by atoms with Crippen molar-refractivity contribution in [2.24, 2.45) is 0 Å². The van der Waals surface area contributed by atoms with Gasteiger partial charge in [-0.2, -0.15) is 0 Å². The van der Waals surface area contributed by atoms with E-state index in [-0.39, 0.29) is 11.7 Å². The van der Waals surface area contributed by atoms with Crippen LogP contribution in [0.3, 0.4) is 0 Å². The van der Waals surface area contributed by atoms with Crippen LogP contribution in [0.1, 0.15) is 12.5 Å². The van der Waals surface area contributed by atoms with Gasteiger partial charge in [-0.3, -0.25) is 0 Å². The molecule has 1 N–H and O–H groups in total. The maximum atomic E-state index is 11.4. The average molecular weight is 306 g/mol. The van der Waals surface area contributed by atoms with Crippen molar-refractivity contribution in [3.05, 3.63) is 66.2 Å². The molecule has 0 spiro atoms. The Balaban J connectivity index is 1.85. The predicted octanol–water partition coefficient (Wildman–Crippen LogP) is 4.36. The molecule has 116 valence electrons. The average Bonchev–Trinajstić information content (AvgIpc) is 2.54. The maximum absolute atomic E-state index is 11.4. The molecule has 0 aromatic heterocycles. The lowest BCUT2D eigenvalue weighted by Crippen LogP contribution is -2.07. The summed E-state index contributed by atoms with van der Waals surface area (Å²) >= 11 is 0. The molecule has 0 fully saturated rings. The van der Waals surface area contributed by atoms with E-state index in [2.05, 4.69) is 18.7 Å². The summed E-state index contributed by atoms with van der Waals surface area (Å²) in [7, 11) is 0. The highest BCUT2D eigenvalue weighted by Crippen LogP contribution is 2.28. The minimum atomic E-state index is -0.350. The quantitative estimate of drug-likeness (QED) is 0.442. The Morgan fingerprint density at radius 1 is 1.04 bits per heavy atom. The Labute approximate surface area is 134 Å². The zero-order valence-corrected chi connectivity index (χ0v) is 13.0. The number of benzene rings is 3. The van der Waals surface area contributed by atoms with Crippen molar-refractivity contribution < 1.29 is 14.6 Å². The van der Waals surface area contributed by atoms with Gasteiger partial charge in [-0.1, -0.05) is 43.0 Å². The van der Waals surface area contributed by atoms with Gasteiger partial charge in [-0.05, 0) is 46.2 Å². The van der Waals surface area contributed by atoms with E-state index in [9.17, 15) is 9.90 Å². The third-order valence-electron chi connectivity index (χ3n) is 3.86. The van der Waals surface area contributed by atoms with Gasteiger partial charge in [-0.25, -0.2) is 4.79 Å². The van der Waals surface area contributed by atoms with Crippen LogP contribution >= 0.6 is 0 Å². The third kappa shape index (κ3) is 3.19. The van der Waals surface area contributed by atoms with Gasteiger partial charge in [-0.15, -0.1) is 0 Å². The summed E-state index contributed by atoms with van der Waals surface area (Å²) in [5.41, 5.74) is 1.53. The first-order valence-electron chi connectivity index (χ1n) is 7.51. The van der Waals surface area contributed by atoms with Crippen LogP contribution in [-0.4, -0.2) is 17.7 Å². The number of ether oxygens (including phenoxy) is 1. The summed E-state index contributed by atoms with van der Waals surface area (Å²) in [6, 6.07) is 15.7. The largest absolute Gasteiger partial charge is 0.508 e. The van der Waals surface area contributed by atoms with Crippen LogP contribution in [0.15, 0.2) is 60.7 Å². The summed E-state index contributed by atoms with van der Waals surface area (Å²) in [4.78, 5) is 11.4. The highest BCUT2D eigenvalue weighted by atomic mass is 16.5. The number of rotatable bonds is 4. The molecule has 3 nitrogen and oxygen atoms in total. The second kappa shape index (κ2) is 6.13. The smallest absolute Gasteiger partial charge is 0.333 e. The van der Waals surface area contributed by atoms with Gasteiger partial charge in [0.1, 0.15) is 5.75 Å². The molecule has 0 unspecified atom stereocenters. The van der Waals surface area contributed by atoms with Gasteiger partial charge >= 0.3 is 5.97 Å². The fourth-order valence-electron chi connectivity index (χ4n) is 2.65. The summed E-state index contributed by atoms with van der Waals surface area (Å²) in [5, 5.41) is 14.0. The number of hydrogen-bond donors (Lipinski definition) is 1. The van der Waals surface area contributed by atoms with E-state index in [1.165, 1.54) is 0 Å². The Kier molecular flexibility index (Phi) is 4.02. The fourth-order valence-corrected chi connectivity index (χ4v) is 2.65. The predicted molar refractivity (Wildman–Crippen MR) is 92.6 cm³/mol. The van der Waals surface area contributed by atoms with Crippen LogP contribution in [0.2, 0.25) is 0 Å². The molecule has 0 aliphatic carbocycles. The van der Waals surface area contributed by atoms with Gasteiger partial charge in [0.15, 0.2) is 0 Å². The number of carbonyl (C=O) groups is 1. The molecule has 0 saturated carbocycles. The van der Waals surface area contributed by atoms with Crippen molar-refractivity contribution in [1.82, 2.24) is 0 Å². The molecular formula is C20H18O3. The first-order chi connectivity index (χ1) is 11.0. The first-order valence-corrected chi connectivity index (χ1v) is 7.51. The van der Waals surface area contributed by atoms with Gasteiger partial charge in [0.25, 0.3) is 0 Å². The zero-order chi connectivity index (χ0) is 16.4. The molecule has 3 aromatic carbocycles. The normalized spacial score (nSPS) is 10.8. The molecule has 0 amide bonds. The number of esters is 1. The summed E-state index contributed by atoms with van der Waals surface area (Å²) in [6.07, 6.45) is 0.669. The number of aromatic hydroxyl groups is 1. The third-order valence-corrected chi connectivity index (χ3v) is 3.86. The number of phenols is 1. The molecule has 0 radical (unpaired) electrons. The Bertz CT molecular complexity index is 909. The first kappa shape index (κ1) is 15.1. The van der Waals surface area contributed by atoms with Crippen LogP contribution in [0.25, 0.3) is 21.5 Å². The number of hydrogen-bond acceptors (Lipinski definition) is 3. The molecule has 3 aromatic rings. The van der Waals surface area contributed by atoms with Gasteiger partial charge in [0.05, 0.1) is 6.61 Å². The van der Waals surface area contributed by atoms with Crippen LogP contribution in [-0.2, 0) is 16.0 Å². The van der Waals surface area contributed by atoms with Gasteiger partial charge in [0.2, 0.25) is 0 Å². The number of phenolic OH excluding ortho intramolecular Hbond substituents is 1. The van der Waals surface area contributed by atoms with Crippen molar-refractivity contribution in [1.29, 1.82) is 0 Å². The van der Waals surface area contributed by atoms with E-state index in [1.54, 1.807) is 19.1 Å². The Morgan fingerprint density at radius 2 is 1.70 bits per heavy atom. The standard InChI is InChI=1S/C20H18O3/c1-13(2)20(22)23-10-9-14-3-7-18-15(11-14)4-5-16-12-17(21)6-8-19(16)18/h3-8,11-12,21H,1,9-10H2,2H3. The molecular weight excluding hydrogens is 288 g/mol. The summed E-state index contributed by atoms with van der Waals surface area (Å²) in [6.45, 7) is 5.55. The van der Waals surface area contributed by atoms with E-state index in [4.69, 9.17) is 4.74 Å². The lowest BCUT2D eigenvalue weighted by atomic mass is 9.99. The topological polar surface area (TPSA) is 46.5 Å². The van der Waals surface area contributed by atoms with E-state index in [0.717, 1.165) is 27.1 Å². The fraction of sp³-hybridized carbons (Fsp3) is 0.150. The molecule has 0 atom stereocenters. The van der Waals surface area contributed by atoms with Crippen LogP contribution in [0.5, 0.6) is 5.75 Å². The van der Waals surface area contributed by atoms with E-state index in [1.807, 2.05) is 24.3 Å². The SMILES string of the molecule is C=C(C)C(=O)OCCc1ccc2c(ccc3cc(O)ccc32)c1. The van der Waals surface area contributed by atoms with Crippen LogP contribution < -0.4 is 0 Å². The summed E-state index contributed by atoms with van der Waals surface area (Å²) in [5.74, 6) is -0.0793. The minimum Gasteiger partial charge on any atom is -0.508 e. The molecule has 0 aliphatic rings. The maximum Gasteiger partial charge on any atom is 0.333 e. The van der Waals surface area contributed by atoms with E-state index >= 15 is 0 Å². The van der Waals surface area contributed by atoms with Crippen molar-refractivity contribution in [3.63, 3.8) is 0 Å². The zero-order valence-electron chi connectivity index (χ0n) is 13.0. The lowest BCUT2D eigenvalue weighted by molar-refractivity contribution is -0.138. The lowest BCUT2D eigenvalue weighted by Gasteiger charge is -2.08. The Hall–Kier alpha value is -2.81. The molecule has 0 heterocycles. The second-order valence-corrected chi connectivity index (χ2v) is 5.69. The van der Waals surface area contributed by atoms with Crippen molar-refractivity contribution in [3.8, 4) is 5.75 Å². The molecule has 0 aliphatic heterocycles. The molecule has 3 heteroatoms. The number of fused-ring (bicyclic) bond motifs is 3. The van der Waals surface area contributed by atoms with Crippen molar-refractivity contribution >= 4 is 27.5 Å². The number of carbonyl (C=O) groups excluding carboxylic acids is 1. The molecule has 3 rings (SSSR count). The van der Waals surface area contributed by atoms with E-state index in [0.29, 0.717) is 18.6 Å². The minimum absolute atomic E-state index is 0.271. The second-order valence-electron chi connectivity index (χ2n) is 5.69. The Morgan fingerprint density at radius 3 is 2.39 bits per heavy atom. The monoisotopic (exact) mass is 306 g/mol. The highest BCUT2D eigenvalue weighted by molar-refractivity contribution is 6.07. The van der Waals surface area contributed by atoms with Crippen molar-refractivity contribution in [2.75, 3.05) is 6.61 Å². The van der Waals surface area contributed by atoms with Crippen molar-refractivity contribution in [2.45, 2.75) is 13.3 Å². The van der Waals surface area contributed by atoms with Gasteiger partial charge < -0.3 is 9.84 Å². The summed E-state index contributed by atoms with van der Waals surface area (Å²) < 4.78 is 5.14. The molecule has 0 saturated heterocycles. The van der Waals surface area contributed by atoms with Gasteiger partial charge in [0, 0.05) is 12.0 Å².